The van der Waals surface area contributed by atoms with Crippen molar-refractivity contribution in [2.75, 3.05) is 18.6 Å². The summed E-state index contributed by atoms with van der Waals surface area (Å²) in [7, 11) is 0. The van der Waals surface area contributed by atoms with E-state index in [0.717, 1.165) is 5.75 Å². The first-order chi connectivity index (χ1) is 6.54. The predicted octanol–water partition coefficient (Wildman–Crippen LogP) is 1.06. The summed E-state index contributed by atoms with van der Waals surface area (Å²) in [5.41, 5.74) is 0. The Morgan fingerprint density at radius 3 is 2.36 bits per heavy atom. The molecule has 0 heterocycles. The highest BCUT2D eigenvalue weighted by Crippen LogP contribution is 2.09. The summed E-state index contributed by atoms with van der Waals surface area (Å²) in [5, 5.41) is 8.95. The summed E-state index contributed by atoms with van der Waals surface area (Å²) in [5.74, 6) is -0.349. The zero-order valence-electron chi connectivity index (χ0n) is 8.82. The number of hydrogen-bond donors (Lipinski definition) is 1. The van der Waals surface area contributed by atoms with Crippen molar-refractivity contribution in [3.8, 4) is 0 Å². The van der Waals surface area contributed by atoms with Gasteiger partial charge in [0, 0.05) is 13.5 Å². The Morgan fingerprint density at radius 2 is 2.07 bits per heavy atom. The van der Waals surface area contributed by atoms with Crippen molar-refractivity contribution in [1.82, 2.24) is 4.90 Å². The normalized spacial score (nSPS) is 12.2. The summed E-state index contributed by atoms with van der Waals surface area (Å²) >= 11 is 1.59. The van der Waals surface area contributed by atoms with E-state index in [2.05, 4.69) is 0 Å². The van der Waals surface area contributed by atoms with Crippen LogP contribution in [0.2, 0.25) is 0 Å². The highest BCUT2D eigenvalue weighted by atomic mass is 32.2. The van der Waals surface area contributed by atoms with Crippen LogP contribution in [0.5, 0.6) is 0 Å². The molecule has 1 N–H and O–H groups in total. The highest BCUT2D eigenvalue weighted by molar-refractivity contribution is 7.98. The molecule has 0 aromatic heterocycles. The van der Waals surface area contributed by atoms with Gasteiger partial charge in [-0.05, 0) is 25.4 Å². The summed E-state index contributed by atoms with van der Waals surface area (Å²) < 4.78 is 0. The fourth-order valence-electron chi connectivity index (χ4n) is 1.30. The minimum atomic E-state index is -0.920. The van der Waals surface area contributed by atoms with E-state index in [1.54, 1.807) is 18.7 Å². The van der Waals surface area contributed by atoms with Gasteiger partial charge < -0.3 is 10.0 Å². The Hall–Kier alpha value is -0.710. The molecule has 4 nitrogen and oxygen atoms in total. The largest absolute Gasteiger partial charge is 0.480 e. The van der Waals surface area contributed by atoms with E-state index in [0.29, 0.717) is 13.0 Å². The van der Waals surface area contributed by atoms with Crippen molar-refractivity contribution < 1.29 is 14.7 Å². The molecule has 0 aromatic rings. The number of hydrogen-bond acceptors (Lipinski definition) is 3. The number of rotatable bonds is 6. The minimum Gasteiger partial charge on any atom is -0.480 e. The van der Waals surface area contributed by atoms with Crippen LogP contribution in [0.15, 0.2) is 0 Å². The van der Waals surface area contributed by atoms with Crippen LogP contribution in [0, 0.1) is 0 Å². The number of likely N-dealkylation sites (N-methyl/N-ethyl adjacent to an activating group) is 1. The predicted molar refractivity (Wildman–Crippen MR) is 57.5 cm³/mol. The lowest BCUT2D eigenvalue weighted by molar-refractivity contribution is -0.149. The van der Waals surface area contributed by atoms with Crippen LogP contribution in [0.25, 0.3) is 0 Å². The maximum atomic E-state index is 11.1. The van der Waals surface area contributed by atoms with E-state index in [1.807, 2.05) is 6.26 Å². The Kier molecular flexibility index (Phi) is 6.36. The second-order valence-electron chi connectivity index (χ2n) is 2.94. The van der Waals surface area contributed by atoms with Crippen LogP contribution in [-0.4, -0.2) is 46.5 Å². The smallest absolute Gasteiger partial charge is 0.326 e. The SMILES string of the molecule is CCN(C(C)=O)C(CCSC)C(=O)O. The second kappa shape index (κ2) is 6.70. The zero-order valence-corrected chi connectivity index (χ0v) is 9.63. The lowest BCUT2D eigenvalue weighted by Gasteiger charge is -2.26. The van der Waals surface area contributed by atoms with Gasteiger partial charge in [0.1, 0.15) is 6.04 Å². The molecule has 5 heteroatoms. The first-order valence-electron chi connectivity index (χ1n) is 4.53. The Morgan fingerprint density at radius 1 is 1.50 bits per heavy atom. The van der Waals surface area contributed by atoms with E-state index < -0.39 is 12.0 Å². The zero-order chi connectivity index (χ0) is 11.1. The molecule has 0 bridgehead atoms. The first-order valence-corrected chi connectivity index (χ1v) is 5.92. The molecule has 1 atom stereocenters. The van der Waals surface area contributed by atoms with Crippen molar-refractivity contribution in [2.24, 2.45) is 0 Å². The lowest BCUT2D eigenvalue weighted by Crippen LogP contribution is -2.44. The van der Waals surface area contributed by atoms with Crippen LogP contribution >= 0.6 is 11.8 Å². The Labute approximate surface area is 88.7 Å². The Bertz CT molecular complexity index is 208. The molecule has 0 aliphatic rings. The van der Waals surface area contributed by atoms with E-state index in [1.165, 1.54) is 11.8 Å². The molecule has 0 radical (unpaired) electrons. The van der Waals surface area contributed by atoms with Gasteiger partial charge in [-0.2, -0.15) is 11.8 Å². The number of carboxylic acids is 1. The minimum absolute atomic E-state index is 0.180. The molecule has 0 aliphatic heterocycles. The maximum Gasteiger partial charge on any atom is 0.326 e. The van der Waals surface area contributed by atoms with Crippen molar-refractivity contribution >= 4 is 23.6 Å². The third-order valence-corrected chi connectivity index (χ3v) is 2.65. The first kappa shape index (κ1) is 13.3. The molecule has 0 saturated heterocycles. The van der Waals surface area contributed by atoms with Gasteiger partial charge in [0.25, 0.3) is 0 Å². The van der Waals surface area contributed by atoms with Crippen LogP contribution < -0.4 is 0 Å². The van der Waals surface area contributed by atoms with Gasteiger partial charge in [-0.25, -0.2) is 4.79 Å². The topological polar surface area (TPSA) is 57.6 Å². The molecule has 14 heavy (non-hydrogen) atoms. The van der Waals surface area contributed by atoms with Gasteiger partial charge in [-0.1, -0.05) is 0 Å². The number of amides is 1. The molecule has 0 spiro atoms. The Balaban J connectivity index is 4.44. The molecule has 0 aliphatic carbocycles. The average Bonchev–Trinajstić information content (AvgIpc) is 2.10. The van der Waals surface area contributed by atoms with Crippen molar-refractivity contribution in [3.63, 3.8) is 0 Å². The summed E-state index contributed by atoms with van der Waals surface area (Å²) in [6.45, 7) is 3.63. The molecule has 0 rings (SSSR count). The van der Waals surface area contributed by atoms with Gasteiger partial charge in [0.2, 0.25) is 5.91 Å². The lowest BCUT2D eigenvalue weighted by atomic mass is 10.2. The van der Waals surface area contributed by atoms with Crippen molar-refractivity contribution in [1.29, 1.82) is 0 Å². The van der Waals surface area contributed by atoms with E-state index in [4.69, 9.17) is 5.11 Å². The average molecular weight is 219 g/mol. The summed E-state index contributed by atoms with van der Waals surface area (Å²) in [6.07, 6.45) is 2.42. The van der Waals surface area contributed by atoms with Crippen LogP contribution in [-0.2, 0) is 9.59 Å². The number of nitrogens with zero attached hydrogens (tertiary/aromatic N) is 1. The van der Waals surface area contributed by atoms with Crippen molar-refractivity contribution in [2.45, 2.75) is 26.3 Å². The quantitative estimate of drug-likeness (QED) is 0.725. The van der Waals surface area contributed by atoms with E-state index >= 15 is 0 Å². The number of aliphatic carboxylic acids is 1. The fraction of sp³-hybridized carbons (Fsp3) is 0.778. The molecular weight excluding hydrogens is 202 g/mol. The summed E-state index contributed by atoms with van der Waals surface area (Å²) in [6, 6.07) is -0.676. The van der Waals surface area contributed by atoms with Gasteiger partial charge in [-0.3, -0.25) is 4.79 Å². The van der Waals surface area contributed by atoms with Crippen LogP contribution in [0.3, 0.4) is 0 Å². The molecule has 0 saturated carbocycles. The van der Waals surface area contributed by atoms with Gasteiger partial charge in [0.05, 0.1) is 0 Å². The van der Waals surface area contributed by atoms with Gasteiger partial charge >= 0.3 is 5.97 Å². The highest BCUT2D eigenvalue weighted by Gasteiger charge is 2.25. The molecule has 1 unspecified atom stereocenters. The second-order valence-corrected chi connectivity index (χ2v) is 3.93. The standard InChI is InChI=1S/C9H17NO3S/c1-4-10(7(2)11)8(9(12)13)5-6-14-3/h8H,4-6H2,1-3H3,(H,12,13). The molecule has 0 fully saturated rings. The third-order valence-electron chi connectivity index (χ3n) is 2.00. The molecule has 82 valence electrons. The van der Waals surface area contributed by atoms with Crippen LogP contribution in [0.1, 0.15) is 20.3 Å². The molecular formula is C9H17NO3S. The monoisotopic (exact) mass is 219 g/mol. The molecule has 0 aromatic carbocycles. The van der Waals surface area contributed by atoms with Crippen LogP contribution in [0.4, 0.5) is 0 Å². The number of carbonyl (C=O) groups is 2. The molecule has 1 amide bonds. The third kappa shape index (κ3) is 4.00. The number of carbonyl (C=O) groups excluding carboxylic acids is 1. The van der Waals surface area contributed by atoms with Gasteiger partial charge in [-0.15, -0.1) is 0 Å². The number of carboxylic acid groups (broad SMARTS) is 1. The van der Waals surface area contributed by atoms with Gasteiger partial charge in [0.15, 0.2) is 0 Å². The number of thioether (sulfide) groups is 1. The summed E-state index contributed by atoms with van der Waals surface area (Å²) in [4.78, 5) is 23.4. The van der Waals surface area contributed by atoms with E-state index in [-0.39, 0.29) is 5.91 Å². The van der Waals surface area contributed by atoms with Crippen molar-refractivity contribution in [3.05, 3.63) is 0 Å². The van der Waals surface area contributed by atoms with E-state index in [9.17, 15) is 9.59 Å². The fourth-order valence-corrected chi connectivity index (χ4v) is 1.76. The maximum absolute atomic E-state index is 11.1.